The SMILES string of the molecule is O=[N+]([O-])c1cc(C(F)(F)F)ccc1Nc1nccc(-c2cccc(Cl)c2)n1. The molecule has 2 aromatic carbocycles. The van der Waals surface area contributed by atoms with Gasteiger partial charge in [0.25, 0.3) is 5.69 Å². The lowest BCUT2D eigenvalue weighted by molar-refractivity contribution is -0.384. The fourth-order valence-corrected chi connectivity index (χ4v) is 2.50. The smallest absolute Gasteiger partial charge is 0.318 e. The highest BCUT2D eigenvalue weighted by Crippen LogP contribution is 2.35. The number of aromatic nitrogens is 2. The Kier molecular flexibility index (Phi) is 4.95. The van der Waals surface area contributed by atoms with Crippen LogP contribution in [0.1, 0.15) is 5.56 Å². The van der Waals surface area contributed by atoms with E-state index in [4.69, 9.17) is 11.6 Å². The van der Waals surface area contributed by atoms with Crippen molar-refractivity contribution in [3.8, 4) is 11.3 Å². The van der Waals surface area contributed by atoms with E-state index in [1.807, 2.05) is 0 Å². The van der Waals surface area contributed by atoms with Crippen LogP contribution in [-0.4, -0.2) is 14.9 Å². The molecule has 1 N–H and O–H groups in total. The summed E-state index contributed by atoms with van der Waals surface area (Å²) in [5.74, 6) is -0.00432. The number of benzene rings is 2. The number of hydrogen-bond acceptors (Lipinski definition) is 5. The number of alkyl halides is 3. The highest BCUT2D eigenvalue weighted by atomic mass is 35.5. The zero-order valence-corrected chi connectivity index (χ0v) is 14.1. The minimum Gasteiger partial charge on any atom is -0.318 e. The Morgan fingerprint density at radius 1 is 1.11 bits per heavy atom. The average molecular weight is 395 g/mol. The van der Waals surface area contributed by atoms with Gasteiger partial charge in [-0.3, -0.25) is 10.1 Å². The van der Waals surface area contributed by atoms with Crippen molar-refractivity contribution in [1.82, 2.24) is 9.97 Å². The fraction of sp³-hybridized carbons (Fsp3) is 0.0588. The van der Waals surface area contributed by atoms with Crippen LogP contribution in [0.2, 0.25) is 5.02 Å². The van der Waals surface area contributed by atoms with Gasteiger partial charge in [-0.25, -0.2) is 9.97 Å². The molecule has 138 valence electrons. The second-order valence-corrected chi connectivity index (χ2v) is 5.82. The normalized spacial score (nSPS) is 11.3. The van der Waals surface area contributed by atoms with Gasteiger partial charge < -0.3 is 5.32 Å². The first-order valence-electron chi connectivity index (χ1n) is 7.46. The number of hydrogen-bond donors (Lipinski definition) is 1. The molecule has 3 rings (SSSR count). The lowest BCUT2D eigenvalue weighted by atomic mass is 10.1. The third-order valence-corrected chi connectivity index (χ3v) is 3.78. The molecule has 0 fully saturated rings. The first-order valence-corrected chi connectivity index (χ1v) is 7.83. The first kappa shape index (κ1) is 18.6. The molecule has 0 saturated heterocycles. The Morgan fingerprint density at radius 3 is 2.56 bits per heavy atom. The van der Waals surface area contributed by atoms with Gasteiger partial charge >= 0.3 is 6.18 Å². The molecule has 0 saturated carbocycles. The van der Waals surface area contributed by atoms with Crippen molar-refractivity contribution in [3.05, 3.63) is 75.4 Å². The van der Waals surface area contributed by atoms with Crippen molar-refractivity contribution in [2.75, 3.05) is 5.32 Å². The van der Waals surface area contributed by atoms with Crippen molar-refractivity contribution in [2.24, 2.45) is 0 Å². The third-order valence-electron chi connectivity index (χ3n) is 3.54. The lowest BCUT2D eigenvalue weighted by Crippen LogP contribution is -2.07. The molecule has 0 spiro atoms. The molecule has 3 aromatic rings. The predicted octanol–water partition coefficient (Wildman–Crippen LogP) is 5.47. The summed E-state index contributed by atoms with van der Waals surface area (Å²) in [5.41, 5.74) is -0.828. The second-order valence-electron chi connectivity index (χ2n) is 5.39. The van der Waals surface area contributed by atoms with Crippen LogP contribution in [0.5, 0.6) is 0 Å². The summed E-state index contributed by atoms with van der Waals surface area (Å²) in [7, 11) is 0. The van der Waals surface area contributed by atoms with E-state index in [0.717, 1.165) is 12.1 Å². The Hall–Kier alpha value is -3.20. The summed E-state index contributed by atoms with van der Waals surface area (Å²) in [6.07, 6.45) is -3.27. The van der Waals surface area contributed by atoms with Crippen LogP contribution in [0.3, 0.4) is 0 Å². The van der Waals surface area contributed by atoms with Crippen molar-refractivity contribution in [2.45, 2.75) is 6.18 Å². The molecular weight excluding hydrogens is 385 g/mol. The number of nitro benzene ring substituents is 1. The maximum atomic E-state index is 12.8. The quantitative estimate of drug-likeness (QED) is 0.469. The number of nitrogens with one attached hydrogen (secondary N) is 1. The zero-order valence-electron chi connectivity index (χ0n) is 13.4. The topological polar surface area (TPSA) is 81.0 Å². The van der Waals surface area contributed by atoms with Gasteiger partial charge in [-0.1, -0.05) is 23.7 Å². The molecule has 0 radical (unpaired) electrons. The summed E-state index contributed by atoms with van der Waals surface area (Å²) in [6, 6.07) is 10.6. The summed E-state index contributed by atoms with van der Waals surface area (Å²) in [5, 5.41) is 14.3. The van der Waals surface area contributed by atoms with Gasteiger partial charge in [-0.05, 0) is 30.3 Å². The maximum absolute atomic E-state index is 12.8. The Balaban J connectivity index is 1.96. The second kappa shape index (κ2) is 7.20. The monoisotopic (exact) mass is 394 g/mol. The van der Waals surface area contributed by atoms with Crippen LogP contribution in [0, 0.1) is 10.1 Å². The molecule has 10 heteroatoms. The Morgan fingerprint density at radius 2 is 1.89 bits per heavy atom. The van der Waals surface area contributed by atoms with E-state index in [1.54, 1.807) is 30.3 Å². The van der Waals surface area contributed by atoms with E-state index >= 15 is 0 Å². The van der Waals surface area contributed by atoms with E-state index in [-0.39, 0.29) is 11.6 Å². The molecule has 0 bridgehead atoms. The van der Waals surface area contributed by atoms with Crippen LogP contribution >= 0.6 is 11.6 Å². The highest BCUT2D eigenvalue weighted by Gasteiger charge is 2.33. The van der Waals surface area contributed by atoms with Crippen LogP contribution in [0.25, 0.3) is 11.3 Å². The van der Waals surface area contributed by atoms with Crippen molar-refractivity contribution in [1.29, 1.82) is 0 Å². The van der Waals surface area contributed by atoms with Gasteiger partial charge in [0.1, 0.15) is 5.69 Å². The zero-order chi connectivity index (χ0) is 19.6. The predicted molar refractivity (Wildman–Crippen MR) is 93.9 cm³/mol. The molecule has 6 nitrogen and oxygen atoms in total. The maximum Gasteiger partial charge on any atom is 0.416 e. The van der Waals surface area contributed by atoms with E-state index in [0.29, 0.717) is 22.3 Å². The molecular formula is C17H10ClF3N4O2. The van der Waals surface area contributed by atoms with Gasteiger partial charge in [-0.15, -0.1) is 0 Å². The van der Waals surface area contributed by atoms with E-state index in [2.05, 4.69) is 15.3 Å². The molecule has 0 amide bonds. The van der Waals surface area contributed by atoms with Crippen LogP contribution in [0.15, 0.2) is 54.7 Å². The number of rotatable bonds is 4. The Bertz CT molecular complexity index is 1010. The fourth-order valence-electron chi connectivity index (χ4n) is 2.31. The molecule has 0 aliphatic rings. The molecule has 0 aliphatic carbocycles. The van der Waals surface area contributed by atoms with Gasteiger partial charge in [0.15, 0.2) is 0 Å². The number of anilines is 2. The highest BCUT2D eigenvalue weighted by molar-refractivity contribution is 6.30. The van der Waals surface area contributed by atoms with Gasteiger partial charge in [0, 0.05) is 22.8 Å². The Labute approximate surface area is 155 Å². The van der Waals surface area contributed by atoms with E-state index < -0.39 is 22.4 Å². The third kappa shape index (κ3) is 4.32. The molecule has 1 heterocycles. The van der Waals surface area contributed by atoms with Gasteiger partial charge in [0.05, 0.1) is 16.2 Å². The van der Waals surface area contributed by atoms with Gasteiger partial charge in [-0.2, -0.15) is 13.2 Å². The molecule has 0 aliphatic heterocycles. The first-order chi connectivity index (χ1) is 12.7. The van der Waals surface area contributed by atoms with Crippen LogP contribution < -0.4 is 5.32 Å². The number of nitrogens with zero attached hydrogens (tertiary/aromatic N) is 3. The van der Waals surface area contributed by atoms with E-state index in [1.165, 1.54) is 6.20 Å². The van der Waals surface area contributed by atoms with Crippen LogP contribution in [-0.2, 0) is 6.18 Å². The minimum absolute atomic E-state index is 0.00432. The van der Waals surface area contributed by atoms with Crippen molar-refractivity contribution in [3.63, 3.8) is 0 Å². The molecule has 27 heavy (non-hydrogen) atoms. The molecule has 0 unspecified atom stereocenters. The minimum atomic E-state index is -4.69. The van der Waals surface area contributed by atoms with Gasteiger partial charge in [0.2, 0.25) is 5.95 Å². The lowest BCUT2D eigenvalue weighted by Gasteiger charge is -2.10. The average Bonchev–Trinajstić information content (AvgIpc) is 2.61. The summed E-state index contributed by atoms with van der Waals surface area (Å²) >= 11 is 5.95. The molecule has 0 atom stereocenters. The van der Waals surface area contributed by atoms with Crippen molar-refractivity contribution >= 4 is 28.9 Å². The summed E-state index contributed by atoms with van der Waals surface area (Å²) in [6.45, 7) is 0. The van der Waals surface area contributed by atoms with E-state index in [9.17, 15) is 23.3 Å². The summed E-state index contributed by atoms with van der Waals surface area (Å²) < 4.78 is 38.4. The summed E-state index contributed by atoms with van der Waals surface area (Å²) in [4.78, 5) is 18.4. The van der Waals surface area contributed by atoms with Crippen LogP contribution in [0.4, 0.5) is 30.5 Å². The standard InChI is InChI=1S/C17H10ClF3N4O2/c18-12-3-1-2-10(8-12)13-6-7-22-16(23-13)24-14-5-4-11(17(19,20)21)9-15(14)25(26)27/h1-9H,(H,22,23,24). The van der Waals surface area contributed by atoms with Crippen molar-refractivity contribution < 1.29 is 18.1 Å². The number of halogens is 4. The number of nitro groups is 1. The molecule has 1 aromatic heterocycles. The largest absolute Gasteiger partial charge is 0.416 e.